The first-order valence-corrected chi connectivity index (χ1v) is 7.20. The van der Waals surface area contributed by atoms with Crippen LogP contribution in [0.1, 0.15) is 35.0 Å². The van der Waals surface area contributed by atoms with Crippen LogP contribution < -0.4 is 11.3 Å². The number of ether oxygens (including phenoxy) is 1. The van der Waals surface area contributed by atoms with Crippen LogP contribution in [0.5, 0.6) is 0 Å². The second-order valence-electron chi connectivity index (χ2n) is 5.39. The summed E-state index contributed by atoms with van der Waals surface area (Å²) in [6.45, 7) is 0.466. The summed E-state index contributed by atoms with van der Waals surface area (Å²) >= 11 is 0. The molecule has 110 valence electrons. The molecule has 0 radical (unpaired) electrons. The van der Waals surface area contributed by atoms with Crippen LogP contribution in [0.25, 0.3) is 0 Å². The van der Waals surface area contributed by atoms with Gasteiger partial charge in [-0.3, -0.25) is 0 Å². The Balaban J connectivity index is 1.89. The van der Waals surface area contributed by atoms with Crippen LogP contribution >= 0.6 is 0 Å². The molecule has 0 saturated carbocycles. The monoisotopic (exact) mass is 284 g/mol. The molecule has 0 amide bonds. The molecule has 5 heteroatoms. The predicted molar refractivity (Wildman–Crippen MR) is 81.8 cm³/mol. The average molecular weight is 284 g/mol. The first-order chi connectivity index (χ1) is 10.3. The minimum atomic E-state index is 0.337. The molecule has 0 saturated heterocycles. The van der Waals surface area contributed by atoms with Crippen molar-refractivity contribution in [3.8, 4) is 0 Å². The lowest BCUT2D eigenvalue weighted by Gasteiger charge is -2.24. The summed E-state index contributed by atoms with van der Waals surface area (Å²) in [7, 11) is 1.66. The quantitative estimate of drug-likeness (QED) is 0.665. The van der Waals surface area contributed by atoms with Gasteiger partial charge in [0.2, 0.25) is 0 Å². The van der Waals surface area contributed by atoms with E-state index in [-0.39, 0.29) is 0 Å². The number of aromatic nitrogens is 2. The van der Waals surface area contributed by atoms with Gasteiger partial charge >= 0.3 is 0 Å². The third-order valence-corrected chi connectivity index (χ3v) is 3.95. The van der Waals surface area contributed by atoms with Gasteiger partial charge < -0.3 is 10.2 Å². The van der Waals surface area contributed by atoms with E-state index in [0.29, 0.717) is 18.3 Å². The summed E-state index contributed by atoms with van der Waals surface area (Å²) in [5, 5.41) is 0. The molecule has 0 aliphatic heterocycles. The van der Waals surface area contributed by atoms with Crippen LogP contribution in [0.4, 0.5) is 5.82 Å². The number of hydrogen-bond donors (Lipinski definition) is 2. The van der Waals surface area contributed by atoms with Gasteiger partial charge in [-0.15, -0.1) is 0 Å². The van der Waals surface area contributed by atoms with Gasteiger partial charge in [-0.25, -0.2) is 15.8 Å². The predicted octanol–water partition coefficient (Wildman–Crippen LogP) is 2.18. The van der Waals surface area contributed by atoms with Crippen molar-refractivity contribution in [3.63, 3.8) is 0 Å². The van der Waals surface area contributed by atoms with Crippen molar-refractivity contribution in [3.05, 3.63) is 53.0 Å². The number of methoxy groups -OCH3 is 1. The number of nitrogens with two attached hydrogens (primary N) is 1. The van der Waals surface area contributed by atoms with E-state index < -0.39 is 0 Å². The molecule has 1 aromatic heterocycles. The minimum Gasteiger partial charge on any atom is -0.378 e. The fourth-order valence-corrected chi connectivity index (χ4v) is 2.91. The van der Waals surface area contributed by atoms with Crippen molar-refractivity contribution in [2.24, 2.45) is 5.84 Å². The number of hydrogen-bond acceptors (Lipinski definition) is 5. The second-order valence-corrected chi connectivity index (χ2v) is 5.39. The zero-order valence-electron chi connectivity index (χ0n) is 12.2. The molecule has 3 N–H and O–H groups in total. The Bertz CT molecular complexity index is 629. The van der Waals surface area contributed by atoms with E-state index in [1.54, 1.807) is 7.11 Å². The highest BCUT2D eigenvalue weighted by Gasteiger charge is 2.22. The van der Waals surface area contributed by atoms with Crippen molar-refractivity contribution in [2.75, 3.05) is 12.5 Å². The Hall–Kier alpha value is -1.98. The summed E-state index contributed by atoms with van der Waals surface area (Å²) in [6, 6.07) is 10.4. The molecular formula is C16H20N4O. The van der Waals surface area contributed by atoms with Crippen molar-refractivity contribution >= 4 is 5.82 Å². The maximum atomic E-state index is 5.51. The largest absolute Gasteiger partial charge is 0.378 e. The van der Waals surface area contributed by atoms with E-state index in [1.165, 1.54) is 11.1 Å². The van der Waals surface area contributed by atoms with Crippen molar-refractivity contribution in [1.82, 2.24) is 9.97 Å². The number of benzene rings is 1. The summed E-state index contributed by atoms with van der Waals surface area (Å²) in [5.41, 5.74) is 6.32. The molecule has 1 atom stereocenters. The summed E-state index contributed by atoms with van der Waals surface area (Å²) < 4.78 is 5.17. The smallest absolute Gasteiger partial charge is 0.144 e. The zero-order valence-corrected chi connectivity index (χ0v) is 12.2. The molecule has 1 heterocycles. The molecule has 1 aromatic carbocycles. The highest BCUT2D eigenvalue weighted by molar-refractivity contribution is 5.36. The molecule has 3 rings (SSSR count). The Morgan fingerprint density at radius 2 is 2.10 bits per heavy atom. The van der Waals surface area contributed by atoms with E-state index in [1.807, 2.05) is 6.07 Å². The molecule has 1 aliphatic rings. The second kappa shape index (κ2) is 6.20. The van der Waals surface area contributed by atoms with Crippen LogP contribution in [0.15, 0.2) is 30.3 Å². The van der Waals surface area contributed by atoms with Gasteiger partial charge in [0, 0.05) is 19.1 Å². The first-order valence-electron chi connectivity index (χ1n) is 7.20. The molecule has 2 aromatic rings. The normalized spacial score (nSPS) is 17.3. The fraction of sp³-hybridized carbons (Fsp3) is 0.375. The van der Waals surface area contributed by atoms with E-state index in [4.69, 9.17) is 10.6 Å². The lowest BCUT2D eigenvalue weighted by molar-refractivity contribution is 0.181. The van der Waals surface area contributed by atoms with Gasteiger partial charge in [0.15, 0.2) is 0 Å². The number of anilines is 1. The molecular weight excluding hydrogens is 264 g/mol. The van der Waals surface area contributed by atoms with E-state index in [9.17, 15) is 0 Å². The molecule has 1 aliphatic carbocycles. The van der Waals surface area contributed by atoms with Crippen molar-refractivity contribution in [2.45, 2.75) is 31.8 Å². The highest BCUT2D eigenvalue weighted by Crippen LogP contribution is 2.31. The summed E-state index contributed by atoms with van der Waals surface area (Å²) in [5.74, 6) is 7.34. The molecule has 0 spiro atoms. The molecule has 0 fully saturated rings. The number of fused-ring (bicyclic) bond motifs is 1. The Kier molecular flexibility index (Phi) is 4.13. The third kappa shape index (κ3) is 3.04. The van der Waals surface area contributed by atoms with Crippen LogP contribution in [-0.2, 0) is 24.2 Å². The number of hydrazine groups is 1. The molecule has 5 nitrogen and oxygen atoms in total. The maximum absolute atomic E-state index is 5.51. The van der Waals surface area contributed by atoms with Gasteiger partial charge in [0.25, 0.3) is 0 Å². The first kappa shape index (κ1) is 14.0. The standard InChI is InChI=1S/C16H20N4O/c1-21-10-14-9-15(20-17)19-16(18-14)13-7-6-11-4-2-3-5-12(11)8-13/h2-5,9,13H,6-8,10,17H2,1H3,(H,18,19,20). The minimum absolute atomic E-state index is 0.337. The Morgan fingerprint density at radius 1 is 1.29 bits per heavy atom. The van der Waals surface area contributed by atoms with Gasteiger partial charge in [0.1, 0.15) is 11.6 Å². The Labute approximate surface area is 124 Å². The van der Waals surface area contributed by atoms with Crippen LogP contribution in [0.2, 0.25) is 0 Å². The van der Waals surface area contributed by atoms with Crippen LogP contribution in [0, 0.1) is 0 Å². The van der Waals surface area contributed by atoms with E-state index in [2.05, 4.69) is 39.7 Å². The Morgan fingerprint density at radius 3 is 2.86 bits per heavy atom. The van der Waals surface area contributed by atoms with Gasteiger partial charge in [0.05, 0.1) is 12.3 Å². The average Bonchev–Trinajstić information content (AvgIpc) is 2.54. The zero-order chi connectivity index (χ0) is 14.7. The van der Waals surface area contributed by atoms with Crippen LogP contribution in [0.3, 0.4) is 0 Å². The summed E-state index contributed by atoms with van der Waals surface area (Å²) in [4.78, 5) is 9.16. The number of nitrogens with one attached hydrogen (secondary N) is 1. The van der Waals surface area contributed by atoms with Gasteiger partial charge in [-0.2, -0.15) is 0 Å². The lowest BCUT2D eigenvalue weighted by Crippen LogP contribution is -2.18. The molecule has 0 bridgehead atoms. The van der Waals surface area contributed by atoms with Gasteiger partial charge in [-0.1, -0.05) is 24.3 Å². The van der Waals surface area contributed by atoms with Crippen molar-refractivity contribution < 1.29 is 4.74 Å². The molecule has 1 unspecified atom stereocenters. The highest BCUT2D eigenvalue weighted by atomic mass is 16.5. The van der Waals surface area contributed by atoms with E-state index in [0.717, 1.165) is 30.8 Å². The molecule has 21 heavy (non-hydrogen) atoms. The fourth-order valence-electron chi connectivity index (χ4n) is 2.91. The van der Waals surface area contributed by atoms with E-state index >= 15 is 0 Å². The number of rotatable bonds is 4. The van der Waals surface area contributed by atoms with Gasteiger partial charge in [-0.05, 0) is 30.4 Å². The third-order valence-electron chi connectivity index (χ3n) is 3.95. The number of nitrogens with zero attached hydrogens (tertiary/aromatic N) is 2. The summed E-state index contributed by atoms with van der Waals surface area (Å²) in [6.07, 6.45) is 3.12. The number of aryl methyl sites for hydroxylation is 1. The SMILES string of the molecule is COCc1cc(NN)nc(C2CCc3ccccc3C2)n1. The van der Waals surface area contributed by atoms with Crippen molar-refractivity contribution in [1.29, 1.82) is 0 Å². The maximum Gasteiger partial charge on any atom is 0.144 e. The topological polar surface area (TPSA) is 73.1 Å². The lowest BCUT2D eigenvalue weighted by atomic mass is 9.83. The number of nitrogen functional groups attached to an aromatic ring is 1. The van der Waals surface area contributed by atoms with Crippen LogP contribution in [-0.4, -0.2) is 17.1 Å².